The van der Waals surface area contributed by atoms with E-state index in [1.807, 2.05) is 30.3 Å². The van der Waals surface area contributed by atoms with E-state index < -0.39 is 0 Å². The molecule has 0 unspecified atom stereocenters. The third-order valence-corrected chi connectivity index (χ3v) is 3.07. The molecule has 0 fully saturated rings. The fourth-order valence-corrected chi connectivity index (χ4v) is 1.89. The average Bonchev–Trinajstić information content (AvgIpc) is 2.90. The summed E-state index contributed by atoms with van der Waals surface area (Å²) in [5, 5.41) is 3.45. The van der Waals surface area contributed by atoms with E-state index in [1.165, 1.54) is 0 Å². The number of ether oxygens (including phenoxy) is 2. The normalized spacial score (nSPS) is 11.4. The maximum Gasteiger partial charge on any atom is 0.161 e. The first-order chi connectivity index (χ1) is 9.99. The molecule has 1 aromatic heterocycles. The molecule has 114 valence electrons. The van der Waals surface area contributed by atoms with Crippen molar-refractivity contribution in [3.8, 4) is 11.5 Å². The standard InChI is InChI=1S/C17H23NO3/c1-17(2,3)18-11-13-9-10-20-16(13)12-21-15-8-6-5-7-14(15)19-4/h5-10,18H,11-12H2,1-4H3. The van der Waals surface area contributed by atoms with Crippen LogP contribution in [0.2, 0.25) is 0 Å². The van der Waals surface area contributed by atoms with Crippen molar-refractivity contribution in [3.05, 3.63) is 47.9 Å². The van der Waals surface area contributed by atoms with Crippen LogP contribution in [0, 0.1) is 0 Å². The van der Waals surface area contributed by atoms with Crippen LogP contribution in [0.3, 0.4) is 0 Å². The molecule has 0 amide bonds. The van der Waals surface area contributed by atoms with Gasteiger partial charge in [0.1, 0.15) is 12.4 Å². The molecule has 0 aliphatic rings. The summed E-state index contributed by atoms with van der Waals surface area (Å²) in [4.78, 5) is 0. The van der Waals surface area contributed by atoms with Crippen LogP contribution in [0.15, 0.2) is 41.0 Å². The van der Waals surface area contributed by atoms with Gasteiger partial charge in [0, 0.05) is 17.6 Å². The van der Waals surface area contributed by atoms with Crippen LogP contribution in [0.25, 0.3) is 0 Å². The van der Waals surface area contributed by atoms with Gasteiger partial charge in [-0.15, -0.1) is 0 Å². The van der Waals surface area contributed by atoms with Crippen LogP contribution in [0.4, 0.5) is 0 Å². The van der Waals surface area contributed by atoms with Gasteiger partial charge in [0.05, 0.1) is 13.4 Å². The highest BCUT2D eigenvalue weighted by Gasteiger charge is 2.13. The second-order valence-electron chi connectivity index (χ2n) is 5.91. The van der Waals surface area contributed by atoms with Gasteiger partial charge in [-0.25, -0.2) is 0 Å². The lowest BCUT2D eigenvalue weighted by Gasteiger charge is -2.20. The van der Waals surface area contributed by atoms with Gasteiger partial charge in [-0.05, 0) is 39.0 Å². The summed E-state index contributed by atoms with van der Waals surface area (Å²) in [6, 6.07) is 9.56. The van der Waals surface area contributed by atoms with E-state index >= 15 is 0 Å². The van der Waals surface area contributed by atoms with E-state index in [-0.39, 0.29) is 5.54 Å². The Labute approximate surface area is 126 Å². The van der Waals surface area contributed by atoms with Gasteiger partial charge < -0.3 is 19.2 Å². The highest BCUT2D eigenvalue weighted by Crippen LogP contribution is 2.27. The van der Waals surface area contributed by atoms with E-state index in [0.29, 0.717) is 12.4 Å². The molecule has 1 heterocycles. The summed E-state index contributed by atoms with van der Waals surface area (Å²) >= 11 is 0. The van der Waals surface area contributed by atoms with E-state index in [9.17, 15) is 0 Å². The molecule has 0 saturated heterocycles. The lowest BCUT2D eigenvalue weighted by atomic mass is 10.1. The topological polar surface area (TPSA) is 43.6 Å². The number of hydrogen-bond acceptors (Lipinski definition) is 4. The van der Waals surface area contributed by atoms with Crippen molar-refractivity contribution >= 4 is 0 Å². The van der Waals surface area contributed by atoms with Crippen LogP contribution in [-0.2, 0) is 13.2 Å². The highest BCUT2D eigenvalue weighted by molar-refractivity contribution is 5.39. The maximum absolute atomic E-state index is 5.80. The van der Waals surface area contributed by atoms with Crippen molar-refractivity contribution in [2.24, 2.45) is 0 Å². The summed E-state index contributed by atoms with van der Waals surface area (Å²) in [5.74, 6) is 2.27. The molecule has 21 heavy (non-hydrogen) atoms. The second-order valence-corrected chi connectivity index (χ2v) is 5.91. The van der Waals surface area contributed by atoms with Crippen LogP contribution >= 0.6 is 0 Å². The summed E-state index contributed by atoms with van der Waals surface area (Å²) in [6.45, 7) is 7.55. The number of benzene rings is 1. The van der Waals surface area contributed by atoms with Gasteiger partial charge in [-0.1, -0.05) is 12.1 Å². The monoisotopic (exact) mass is 289 g/mol. The lowest BCUT2D eigenvalue weighted by Crippen LogP contribution is -2.35. The molecule has 0 radical (unpaired) electrons. The summed E-state index contributed by atoms with van der Waals surface area (Å²) in [5.41, 5.74) is 1.18. The minimum atomic E-state index is 0.0675. The number of para-hydroxylation sites is 2. The number of furan rings is 1. The molecule has 0 aliphatic carbocycles. The first-order valence-corrected chi connectivity index (χ1v) is 7.06. The molecular weight excluding hydrogens is 266 g/mol. The Bertz CT molecular complexity index is 569. The molecule has 2 aromatic rings. The van der Waals surface area contributed by atoms with Crippen molar-refractivity contribution in [2.45, 2.75) is 39.5 Å². The SMILES string of the molecule is COc1ccccc1OCc1occc1CNC(C)(C)C. The Morgan fingerprint density at radius 1 is 1.10 bits per heavy atom. The highest BCUT2D eigenvalue weighted by atomic mass is 16.5. The first kappa shape index (κ1) is 15.4. The maximum atomic E-state index is 5.80. The smallest absolute Gasteiger partial charge is 0.161 e. The summed E-state index contributed by atoms with van der Waals surface area (Å²) in [6.07, 6.45) is 1.70. The largest absolute Gasteiger partial charge is 0.493 e. The molecule has 4 heteroatoms. The third kappa shape index (κ3) is 4.53. The van der Waals surface area contributed by atoms with Crippen LogP contribution < -0.4 is 14.8 Å². The fraction of sp³-hybridized carbons (Fsp3) is 0.412. The summed E-state index contributed by atoms with van der Waals surface area (Å²) in [7, 11) is 1.63. The Morgan fingerprint density at radius 2 is 1.81 bits per heavy atom. The molecular formula is C17H23NO3. The second kappa shape index (κ2) is 6.68. The lowest BCUT2D eigenvalue weighted by molar-refractivity contribution is 0.254. The molecule has 0 saturated carbocycles. The number of rotatable bonds is 6. The summed E-state index contributed by atoms with van der Waals surface area (Å²) < 4.78 is 16.6. The minimum absolute atomic E-state index is 0.0675. The molecule has 0 atom stereocenters. The third-order valence-electron chi connectivity index (χ3n) is 3.07. The zero-order chi connectivity index (χ0) is 15.3. The van der Waals surface area contributed by atoms with Gasteiger partial charge in [0.2, 0.25) is 0 Å². The van der Waals surface area contributed by atoms with Crippen molar-refractivity contribution < 1.29 is 13.9 Å². The molecule has 4 nitrogen and oxygen atoms in total. The van der Waals surface area contributed by atoms with Gasteiger partial charge in [-0.2, -0.15) is 0 Å². The van der Waals surface area contributed by atoms with Crippen molar-refractivity contribution in [2.75, 3.05) is 7.11 Å². The average molecular weight is 289 g/mol. The minimum Gasteiger partial charge on any atom is -0.493 e. The molecule has 0 aliphatic heterocycles. The zero-order valence-corrected chi connectivity index (χ0v) is 13.1. The first-order valence-electron chi connectivity index (χ1n) is 7.06. The number of nitrogens with one attached hydrogen (secondary N) is 1. The molecule has 2 rings (SSSR count). The predicted molar refractivity (Wildman–Crippen MR) is 82.6 cm³/mol. The Kier molecular flexibility index (Phi) is 4.91. The predicted octanol–water partition coefficient (Wildman–Crippen LogP) is 3.76. The van der Waals surface area contributed by atoms with Crippen molar-refractivity contribution in [1.82, 2.24) is 5.32 Å². The van der Waals surface area contributed by atoms with Crippen LogP contribution in [0.1, 0.15) is 32.1 Å². The van der Waals surface area contributed by atoms with Gasteiger partial charge >= 0.3 is 0 Å². The van der Waals surface area contributed by atoms with E-state index in [4.69, 9.17) is 13.9 Å². The van der Waals surface area contributed by atoms with Crippen molar-refractivity contribution in [3.63, 3.8) is 0 Å². The molecule has 0 spiro atoms. The van der Waals surface area contributed by atoms with E-state index in [0.717, 1.165) is 23.6 Å². The van der Waals surface area contributed by atoms with Crippen molar-refractivity contribution in [1.29, 1.82) is 0 Å². The van der Waals surface area contributed by atoms with Crippen LogP contribution in [-0.4, -0.2) is 12.6 Å². The molecule has 0 bridgehead atoms. The molecule has 1 aromatic carbocycles. The van der Waals surface area contributed by atoms with Crippen LogP contribution in [0.5, 0.6) is 11.5 Å². The number of hydrogen-bond donors (Lipinski definition) is 1. The Balaban J connectivity index is 1.99. The number of methoxy groups -OCH3 is 1. The Hall–Kier alpha value is -1.94. The van der Waals surface area contributed by atoms with E-state index in [2.05, 4.69) is 26.1 Å². The van der Waals surface area contributed by atoms with Gasteiger partial charge in [0.25, 0.3) is 0 Å². The Morgan fingerprint density at radius 3 is 2.48 bits per heavy atom. The van der Waals surface area contributed by atoms with E-state index in [1.54, 1.807) is 13.4 Å². The molecule has 1 N–H and O–H groups in total. The fourth-order valence-electron chi connectivity index (χ4n) is 1.89. The quantitative estimate of drug-likeness (QED) is 0.879. The van der Waals surface area contributed by atoms with Gasteiger partial charge in [0.15, 0.2) is 11.5 Å². The zero-order valence-electron chi connectivity index (χ0n) is 13.1. The van der Waals surface area contributed by atoms with Gasteiger partial charge in [-0.3, -0.25) is 0 Å².